The maximum Gasteiger partial charge on any atom is 0.255 e. The number of nitrogens with one attached hydrogen (secondary N) is 2. The van der Waals surface area contributed by atoms with Gasteiger partial charge in [0.2, 0.25) is 0 Å². The molecule has 0 aliphatic heterocycles. The summed E-state index contributed by atoms with van der Waals surface area (Å²) in [7, 11) is 0. The van der Waals surface area contributed by atoms with Gasteiger partial charge in [0.05, 0.1) is 0 Å². The summed E-state index contributed by atoms with van der Waals surface area (Å²) in [6.07, 6.45) is 2.35. The van der Waals surface area contributed by atoms with Gasteiger partial charge >= 0.3 is 0 Å². The van der Waals surface area contributed by atoms with Crippen molar-refractivity contribution < 1.29 is 9.18 Å². The van der Waals surface area contributed by atoms with Crippen molar-refractivity contribution in [2.24, 2.45) is 0 Å². The van der Waals surface area contributed by atoms with Crippen molar-refractivity contribution in [3.8, 4) is 0 Å². The van der Waals surface area contributed by atoms with Crippen LogP contribution in [0.2, 0.25) is 0 Å². The lowest BCUT2D eigenvalue weighted by Gasteiger charge is -2.11. The van der Waals surface area contributed by atoms with Gasteiger partial charge in [0, 0.05) is 24.0 Å². The molecule has 1 amide bonds. The fraction of sp³-hybridized carbons (Fsp3) is 0.182. The Labute approximate surface area is 158 Å². The maximum atomic E-state index is 12.9. The molecule has 3 aromatic rings. The Morgan fingerprint density at radius 1 is 1.07 bits per heavy atom. The van der Waals surface area contributed by atoms with Gasteiger partial charge in [0.25, 0.3) is 5.91 Å². The molecule has 2 aromatic carbocycles. The molecule has 2 N–H and O–H groups in total. The monoisotopic (exact) mass is 363 g/mol. The molecule has 0 saturated heterocycles. The van der Waals surface area contributed by atoms with E-state index in [1.807, 2.05) is 32.0 Å². The molecule has 0 bridgehead atoms. The van der Waals surface area contributed by atoms with E-state index in [0.29, 0.717) is 17.9 Å². The third-order valence-corrected chi connectivity index (χ3v) is 4.51. The lowest BCUT2D eigenvalue weighted by atomic mass is 10.1. The van der Waals surface area contributed by atoms with Gasteiger partial charge < -0.3 is 10.6 Å². The fourth-order valence-electron chi connectivity index (χ4n) is 2.74. The number of halogens is 1. The molecular weight excluding hydrogens is 341 g/mol. The van der Waals surface area contributed by atoms with Crippen LogP contribution in [0.4, 0.5) is 15.9 Å². The van der Waals surface area contributed by atoms with E-state index in [2.05, 4.69) is 15.6 Å². The molecule has 0 unspecified atom stereocenters. The number of hydrogen-bond donors (Lipinski definition) is 2. The van der Waals surface area contributed by atoms with Crippen LogP contribution in [-0.4, -0.2) is 17.4 Å². The molecule has 3 rings (SSSR count). The van der Waals surface area contributed by atoms with Crippen molar-refractivity contribution in [1.82, 2.24) is 4.98 Å². The predicted octanol–water partition coefficient (Wildman–Crippen LogP) is 4.74. The minimum Gasteiger partial charge on any atom is -0.370 e. The topological polar surface area (TPSA) is 54.0 Å². The van der Waals surface area contributed by atoms with Crippen LogP contribution in [0.15, 0.2) is 60.8 Å². The third kappa shape index (κ3) is 4.91. The zero-order valence-corrected chi connectivity index (χ0v) is 15.4. The zero-order valence-electron chi connectivity index (χ0n) is 15.4. The second kappa shape index (κ2) is 8.45. The summed E-state index contributed by atoms with van der Waals surface area (Å²) >= 11 is 0. The number of carbonyl (C=O) groups excluding carboxylic acids is 1. The Kier molecular flexibility index (Phi) is 5.81. The first-order valence-corrected chi connectivity index (χ1v) is 8.85. The summed E-state index contributed by atoms with van der Waals surface area (Å²) < 4.78 is 12.9. The Hall–Kier alpha value is -3.21. The Morgan fingerprint density at radius 3 is 2.63 bits per heavy atom. The van der Waals surface area contributed by atoms with Crippen LogP contribution < -0.4 is 10.6 Å². The molecule has 0 radical (unpaired) electrons. The van der Waals surface area contributed by atoms with Crippen molar-refractivity contribution in [2.75, 3.05) is 17.2 Å². The molecule has 0 saturated carbocycles. The smallest absolute Gasteiger partial charge is 0.255 e. The largest absolute Gasteiger partial charge is 0.370 e. The van der Waals surface area contributed by atoms with Gasteiger partial charge in [-0.3, -0.25) is 4.79 Å². The van der Waals surface area contributed by atoms with E-state index in [-0.39, 0.29) is 11.7 Å². The molecule has 138 valence electrons. The van der Waals surface area contributed by atoms with Gasteiger partial charge in [0.1, 0.15) is 11.6 Å². The normalized spacial score (nSPS) is 10.5. The molecule has 0 spiro atoms. The van der Waals surface area contributed by atoms with Crippen LogP contribution in [0.1, 0.15) is 27.0 Å². The van der Waals surface area contributed by atoms with Gasteiger partial charge in [0.15, 0.2) is 0 Å². The summed E-state index contributed by atoms with van der Waals surface area (Å²) in [5.41, 5.74) is 4.56. The highest BCUT2D eigenvalue weighted by molar-refractivity contribution is 6.05. The number of aryl methyl sites for hydroxylation is 1. The predicted molar refractivity (Wildman–Crippen MR) is 107 cm³/mol. The summed E-state index contributed by atoms with van der Waals surface area (Å²) in [6.45, 7) is 4.64. The number of benzene rings is 2. The van der Waals surface area contributed by atoms with Crippen molar-refractivity contribution in [3.05, 3.63) is 88.9 Å². The van der Waals surface area contributed by atoms with Crippen LogP contribution in [0.25, 0.3) is 0 Å². The number of aromatic nitrogens is 1. The SMILES string of the molecule is Cc1cccc(NC(=O)c2ccnc(NCCc3ccc(F)cc3)c2)c1C. The molecule has 5 heteroatoms. The quantitative estimate of drug-likeness (QED) is 0.665. The number of nitrogens with zero attached hydrogens (tertiary/aromatic N) is 1. The van der Waals surface area contributed by atoms with Gasteiger partial charge in [-0.05, 0) is 67.3 Å². The van der Waals surface area contributed by atoms with Crippen LogP contribution in [-0.2, 0) is 6.42 Å². The van der Waals surface area contributed by atoms with Crippen LogP contribution in [0, 0.1) is 19.7 Å². The highest BCUT2D eigenvalue weighted by Gasteiger charge is 2.09. The van der Waals surface area contributed by atoms with Crippen LogP contribution in [0.5, 0.6) is 0 Å². The lowest BCUT2D eigenvalue weighted by Crippen LogP contribution is -2.14. The first-order chi connectivity index (χ1) is 13.0. The van der Waals surface area contributed by atoms with Gasteiger partial charge in [-0.1, -0.05) is 24.3 Å². The Morgan fingerprint density at radius 2 is 1.85 bits per heavy atom. The summed E-state index contributed by atoms with van der Waals surface area (Å²) in [5, 5.41) is 6.15. The number of pyridine rings is 1. The highest BCUT2D eigenvalue weighted by Crippen LogP contribution is 2.19. The molecule has 0 atom stereocenters. The van der Waals surface area contributed by atoms with Crippen molar-refractivity contribution in [2.45, 2.75) is 20.3 Å². The second-order valence-corrected chi connectivity index (χ2v) is 6.43. The number of carbonyl (C=O) groups is 1. The van der Waals surface area contributed by atoms with E-state index in [9.17, 15) is 9.18 Å². The first-order valence-electron chi connectivity index (χ1n) is 8.85. The van der Waals surface area contributed by atoms with Gasteiger partial charge in [-0.25, -0.2) is 9.37 Å². The average molecular weight is 363 g/mol. The van der Waals surface area contributed by atoms with Crippen LogP contribution >= 0.6 is 0 Å². The zero-order chi connectivity index (χ0) is 19.2. The lowest BCUT2D eigenvalue weighted by molar-refractivity contribution is 0.102. The maximum absolute atomic E-state index is 12.9. The van der Waals surface area contributed by atoms with Crippen molar-refractivity contribution in [3.63, 3.8) is 0 Å². The number of amides is 1. The Bertz CT molecular complexity index is 939. The molecule has 0 aliphatic carbocycles. The van der Waals surface area contributed by atoms with E-state index < -0.39 is 0 Å². The molecule has 1 aromatic heterocycles. The summed E-state index contributed by atoms with van der Waals surface area (Å²) in [6, 6.07) is 15.7. The van der Waals surface area contributed by atoms with Crippen molar-refractivity contribution in [1.29, 1.82) is 0 Å². The molecule has 0 aliphatic rings. The van der Waals surface area contributed by atoms with Gasteiger partial charge in [-0.15, -0.1) is 0 Å². The van der Waals surface area contributed by atoms with Gasteiger partial charge in [-0.2, -0.15) is 0 Å². The second-order valence-electron chi connectivity index (χ2n) is 6.43. The minimum absolute atomic E-state index is 0.173. The van der Waals surface area contributed by atoms with Crippen LogP contribution in [0.3, 0.4) is 0 Å². The Balaban J connectivity index is 1.61. The highest BCUT2D eigenvalue weighted by atomic mass is 19.1. The number of anilines is 2. The summed E-state index contributed by atoms with van der Waals surface area (Å²) in [5.74, 6) is 0.217. The molecule has 4 nitrogen and oxygen atoms in total. The van der Waals surface area contributed by atoms with E-state index in [4.69, 9.17) is 0 Å². The molecule has 0 fully saturated rings. The van der Waals surface area contributed by atoms with E-state index in [1.54, 1.807) is 30.5 Å². The summed E-state index contributed by atoms with van der Waals surface area (Å²) in [4.78, 5) is 16.8. The third-order valence-electron chi connectivity index (χ3n) is 4.51. The molecule has 27 heavy (non-hydrogen) atoms. The van der Waals surface area contributed by atoms with E-state index >= 15 is 0 Å². The average Bonchev–Trinajstić information content (AvgIpc) is 2.67. The molecule has 1 heterocycles. The van der Waals surface area contributed by atoms with E-state index in [1.165, 1.54) is 12.1 Å². The fourth-order valence-corrected chi connectivity index (χ4v) is 2.74. The standard InChI is InChI=1S/C22H22FN3O/c1-15-4-3-5-20(16(15)2)26-22(27)18-11-13-25-21(14-18)24-12-10-17-6-8-19(23)9-7-17/h3-9,11,13-14H,10,12H2,1-2H3,(H,24,25)(H,26,27). The first kappa shape index (κ1) is 18.6. The minimum atomic E-state index is -0.240. The number of rotatable bonds is 6. The van der Waals surface area contributed by atoms with E-state index in [0.717, 1.165) is 28.8 Å². The number of hydrogen-bond acceptors (Lipinski definition) is 3. The van der Waals surface area contributed by atoms with Crippen molar-refractivity contribution >= 4 is 17.4 Å². The molecular formula is C22H22FN3O.